The quantitative estimate of drug-likeness (QED) is 0.755. The third-order valence-electron chi connectivity index (χ3n) is 3.01. The molecule has 0 aliphatic carbocycles. The van der Waals surface area contributed by atoms with Gasteiger partial charge in [0.1, 0.15) is 5.75 Å². The fourth-order valence-electron chi connectivity index (χ4n) is 2.08. The summed E-state index contributed by atoms with van der Waals surface area (Å²) < 4.78 is 5.25. The number of H-pyrrole nitrogens is 1. The van der Waals surface area contributed by atoms with Crippen molar-refractivity contribution in [3.8, 4) is 5.75 Å². The van der Waals surface area contributed by atoms with Crippen LogP contribution in [0.1, 0.15) is 24.4 Å². The van der Waals surface area contributed by atoms with E-state index in [1.807, 2.05) is 24.4 Å². The van der Waals surface area contributed by atoms with Crippen LogP contribution >= 0.6 is 0 Å². The van der Waals surface area contributed by atoms with Crippen LogP contribution in [0.15, 0.2) is 24.4 Å². The van der Waals surface area contributed by atoms with E-state index >= 15 is 0 Å². The van der Waals surface area contributed by atoms with Gasteiger partial charge >= 0.3 is 5.97 Å². The number of methoxy groups -OCH3 is 1. The number of aromatic amines is 1. The summed E-state index contributed by atoms with van der Waals surface area (Å²) in [6, 6.07) is 5.37. The molecular weight excluding hydrogens is 232 g/mol. The zero-order chi connectivity index (χ0) is 13.1. The number of carboxylic acid groups (broad SMARTS) is 1. The molecule has 1 unspecified atom stereocenters. The van der Waals surface area contributed by atoms with E-state index in [0.717, 1.165) is 22.2 Å². The standard InChI is InChI=1S/C13H16N2O3/c1-18-11-4-2-8(9-6-7-15-13(9)11)10(14)3-5-12(16)17/h2,4,6-7,10,15H,3,5,14H2,1H3,(H,16,17). The second-order valence-electron chi connectivity index (χ2n) is 4.16. The molecule has 96 valence electrons. The van der Waals surface area contributed by atoms with Gasteiger partial charge in [-0.3, -0.25) is 4.79 Å². The van der Waals surface area contributed by atoms with Crippen LogP contribution in [0.4, 0.5) is 0 Å². The van der Waals surface area contributed by atoms with Crippen LogP contribution in [-0.2, 0) is 4.79 Å². The predicted molar refractivity (Wildman–Crippen MR) is 68.6 cm³/mol. The normalized spacial score (nSPS) is 12.6. The summed E-state index contributed by atoms with van der Waals surface area (Å²) in [5.74, 6) is -0.0755. The van der Waals surface area contributed by atoms with E-state index in [1.165, 1.54) is 0 Å². The molecule has 1 aromatic heterocycles. The molecule has 18 heavy (non-hydrogen) atoms. The van der Waals surface area contributed by atoms with E-state index in [0.29, 0.717) is 6.42 Å². The van der Waals surface area contributed by atoms with Gasteiger partial charge in [0.15, 0.2) is 0 Å². The fraction of sp³-hybridized carbons (Fsp3) is 0.308. The van der Waals surface area contributed by atoms with Gasteiger partial charge in [0, 0.05) is 24.0 Å². The minimum absolute atomic E-state index is 0.0686. The summed E-state index contributed by atoms with van der Waals surface area (Å²) in [6.07, 6.45) is 2.31. The Bertz CT molecular complexity index is 562. The van der Waals surface area contributed by atoms with Gasteiger partial charge in [-0.15, -0.1) is 0 Å². The zero-order valence-electron chi connectivity index (χ0n) is 10.1. The highest BCUT2D eigenvalue weighted by Gasteiger charge is 2.14. The second-order valence-corrected chi connectivity index (χ2v) is 4.16. The summed E-state index contributed by atoms with van der Waals surface area (Å²) >= 11 is 0. The van der Waals surface area contributed by atoms with E-state index in [2.05, 4.69) is 4.98 Å². The minimum Gasteiger partial charge on any atom is -0.495 e. The summed E-state index contributed by atoms with van der Waals surface area (Å²) in [4.78, 5) is 13.7. The fourth-order valence-corrected chi connectivity index (χ4v) is 2.08. The molecule has 4 N–H and O–H groups in total. The van der Waals surface area contributed by atoms with Gasteiger partial charge in [-0.2, -0.15) is 0 Å². The Morgan fingerprint density at radius 2 is 2.28 bits per heavy atom. The van der Waals surface area contributed by atoms with E-state index in [1.54, 1.807) is 7.11 Å². The maximum atomic E-state index is 10.6. The third-order valence-corrected chi connectivity index (χ3v) is 3.01. The molecular formula is C13H16N2O3. The van der Waals surface area contributed by atoms with Crippen LogP contribution in [0.2, 0.25) is 0 Å². The van der Waals surface area contributed by atoms with Crippen LogP contribution < -0.4 is 10.5 Å². The Kier molecular flexibility index (Phi) is 3.53. The Morgan fingerprint density at radius 1 is 1.50 bits per heavy atom. The summed E-state index contributed by atoms with van der Waals surface area (Å²) in [5, 5.41) is 9.66. The van der Waals surface area contributed by atoms with Crippen molar-refractivity contribution in [1.82, 2.24) is 4.98 Å². The Labute approximate surface area is 105 Å². The molecule has 0 amide bonds. The molecule has 0 aliphatic rings. The van der Waals surface area contributed by atoms with Crippen molar-refractivity contribution in [2.45, 2.75) is 18.9 Å². The highest BCUT2D eigenvalue weighted by molar-refractivity contribution is 5.88. The van der Waals surface area contributed by atoms with E-state index < -0.39 is 5.97 Å². The SMILES string of the molecule is COc1ccc(C(N)CCC(=O)O)c2cc[nH]c12. The molecule has 0 saturated heterocycles. The Balaban J connectivity index is 2.33. The Morgan fingerprint density at radius 3 is 2.94 bits per heavy atom. The number of nitrogens with two attached hydrogens (primary N) is 1. The molecule has 5 heteroatoms. The number of rotatable bonds is 5. The zero-order valence-corrected chi connectivity index (χ0v) is 10.1. The van der Waals surface area contributed by atoms with Gasteiger partial charge in [0.25, 0.3) is 0 Å². The molecule has 5 nitrogen and oxygen atoms in total. The number of hydrogen-bond acceptors (Lipinski definition) is 3. The lowest BCUT2D eigenvalue weighted by Crippen LogP contribution is -2.12. The molecule has 0 bridgehead atoms. The highest BCUT2D eigenvalue weighted by atomic mass is 16.5. The predicted octanol–water partition coefficient (Wildman–Crippen LogP) is 2.04. The third kappa shape index (κ3) is 2.31. The van der Waals surface area contributed by atoms with E-state index in [-0.39, 0.29) is 12.5 Å². The number of aliphatic carboxylic acids is 1. The largest absolute Gasteiger partial charge is 0.495 e. The molecule has 2 rings (SSSR count). The van der Waals surface area contributed by atoms with E-state index in [9.17, 15) is 4.79 Å². The monoisotopic (exact) mass is 248 g/mol. The molecule has 0 fully saturated rings. The summed E-state index contributed by atoms with van der Waals surface area (Å²) in [6.45, 7) is 0. The molecule has 0 spiro atoms. The number of carboxylic acids is 1. The molecule has 0 saturated carbocycles. The molecule has 1 heterocycles. The van der Waals surface area contributed by atoms with Gasteiger partial charge in [0.05, 0.1) is 12.6 Å². The van der Waals surface area contributed by atoms with Gasteiger partial charge in [-0.25, -0.2) is 0 Å². The second kappa shape index (κ2) is 5.10. The lowest BCUT2D eigenvalue weighted by atomic mass is 9.99. The lowest BCUT2D eigenvalue weighted by Gasteiger charge is -2.13. The van der Waals surface area contributed by atoms with Crippen molar-refractivity contribution in [3.05, 3.63) is 30.0 Å². The molecule has 1 aromatic carbocycles. The Hall–Kier alpha value is -2.01. The van der Waals surface area contributed by atoms with Crippen molar-refractivity contribution < 1.29 is 14.6 Å². The molecule has 0 radical (unpaired) electrons. The van der Waals surface area contributed by atoms with Crippen molar-refractivity contribution >= 4 is 16.9 Å². The maximum absolute atomic E-state index is 10.6. The van der Waals surface area contributed by atoms with Crippen LogP contribution in [0.5, 0.6) is 5.75 Å². The first-order valence-corrected chi connectivity index (χ1v) is 5.75. The van der Waals surface area contributed by atoms with Crippen LogP contribution in [0.3, 0.4) is 0 Å². The van der Waals surface area contributed by atoms with Crippen LogP contribution in [-0.4, -0.2) is 23.2 Å². The molecule has 1 atom stereocenters. The first-order chi connectivity index (χ1) is 8.63. The summed E-state index contributed by atoms with van der Waals surface area (Å²) in [5.41, 5.74) is 7.87. The number of hydrogen-bond donors (Lipinski definition) is 3. The highest BCUT2D eigenvalue weighted by Crippen LogP contribution is 2.31. The van der Waals surface area contributed by atoms with Crippen molar-refractivity contribution in [2.24, 2.45) is 5.73 Å². The van der Waals surface area contributed by atoms with Gasteiger partial charge in [0.2, 0.25) is 0 Å². The number of benzene rings is 1. The van der Waals surface area contributed by atoms with Gasteiger partial charge < -0.3 is 20.6 Å². The van der Waals surface area contributed by atoms with E-state index in [4.69, 9.17) is 15.6 Å². The molecule has 2 aromatic rings. The molecule has 0 aliphatic heterocycles. The van der Waals surface area contributed by atoms with Crippen molar-refractivity contribution in [2.75, 3.05) is 7.11 Å². The lowest BCUT2D eigenvalue weighted by molar-refractivity contribution is -0.137. The average molecular weight is 248 g/mol. The average Bonchev–Trinajstić information content (AvgIpc) is 2.83. The number of ether oxygens (including phenoxy) is 1. The van der Waals surface area contributed by atoms with Crippen molar-refractivity contribution in [1.29, 1.82) is 0 Å². The van der Waals surface area contributed by atoms with Crippen LogP contribution in [0.25, 0.3) is 10.9 Å². The minimum atomic E-state index is -0.829. The number of carbonyl (C=O) groups is 1. The van der Waals surface area contributed by atoms with Gasteiger partial charge in [-0.1, -0.05) is 6.07 Å². The number of fused-ring (bicyclic) bond motifs is 1. The summed E-state index contributed by atoms with van der Waals surface area (Å²) in [7, 11) is 1.61. The smallest absolute Gasteiger partial charge is 0.303 e. The van der Waals surface area contributed by atoms with Crippen LogP contribution in [0, 0.1) is 0 Å². The maximum Gasteiger partial charge on any atom is 0.303 e. The van der Waals surface area contributed by atoms with Crippen molar-refractivity contribution in [3.63, 3.8) is 0 Å². The topological polar surface area (TPSA) is 88.3 Å². The van der Waals surface area contributed by atoms with Gasteiger partial charge in [-0.05, 0) is 24.1 Å². The number of nitrogens with one attached hydrogen (secondary N) is 1. The number of aromatic nitrogens is 1. The first kappa shape index (κ1) is 12.4. The first-order valence-electron chi connectivity index (χ1n) is 5.75.